The van der Waals surface area contributed by atoms with Gasteiger partial charge in [-0.3, -0.25) is 0 Å². The molecule has 0 heterocycles. The smallest absolute Gasteiger partial charge is 0.159 e. The summed E-state index contributed by atoms with van der Waals surface area (Å²) in [7, 11) is 3.14. The molecule has 0 bridgehead atoms. The van der Waals surface area contributed by atoms with Crippen LogP contribution in [0.25, 0.3) is 0 Å². The van der Waals surface area contributed by atoms with Crippen molar-refractivity contribution in [3.63, 3.8) is 0 Å². The Balaban J connectivity index is 3.23. The van der Waals surface area contributed by atoms with Gasteiger partial charge in [-0.2, -0.15) is 0 Å². The molecule has 13 heavy (non-hydrogen) atoms. The summed E-state index contributed by atoms with van der Waals surface area (Å²) >= 11 is 5.37. The van der Waals surface area contributed by atoms with Crippen molar-refractivity contribution in [2.75, 3.05) is 33.3 Å². The van der Waals surface area contributed by atoms with E-state index in [9.17, 15) is 0 Å². The van der Waals surface area contributed by atoms with Crippen molar-refractivity contribution in [3.8, 4) is 0 Å². The second-order valence-corrected chi connectivity index (χ2v) is 2.88. The lowest BCUT2D eigenvalue weighted by atomic mass is 10.4. The Morgan fingerprint density at radius 2 is 1.92 bits per heavy atom. The summed E-state index contributed by atoms with van der Waals surface area (Å²) < 4.78 is 15.0. The van der Waals surface area contributed by atoms with E-state index >= 15 is 0 Å². The van der Waals surface area contributed by atoms with E-state index in [4.69, 9.17) is 30.9 Å². The van der Waals surface area contributed by atoms with Crippen LogP contribution in [-0.2, 0) is 14.2 Å². The van der Waals surface area contributed by atoms with Gasteiger partial charge in [0, 0.05) is 20.6 Å². The molecular weight excluding hydrogens is 196 g/mol. The van der Waals surface area contributed by atoms with E-state index in [1.54, 1.807) is 14.2 Å². The average molecular weight is 213 g/mol. The zero-order valence-electron chi connectivity index (χ0n) is 8.03. The zero-order valence-corrected chi connectivity index (χ0v) is 8.79. The highest BCUT2D eigenvalue weighted by Gasteiger charge is 2.06. The van der Waals surface area contributed by atoms with Crippen LogP contribution in [0.4, 0.5) is 0 Å². The van der Waals surface area contributed by atoms with Gasteiger partial charge in [0.15, 0.2) is 6.29 Å². The van der Waals surface area contributed by atoms with E-state index in [0.717, 1.165) is 0 Å². The fourth-order valence-electron chi connectivity index (χ4n) is 0.775. The number of hydrogen-bond donors (Lipinski definition) is 1. The van der Waals surface area contributed by atoms with Gasteiger partial charge < -0.3 is 19.3 Å². The van der Waals surface area contributed by atoms with Crippen LogP contribution in [-0.4, -0.2) is 50.8 Å². The van der Waals surface area contributed by atoms with E-state index in [1.165, 1.54) is 0 Å². The molecule has 0 aromatic carbocycles. The number of aliphatic hydroxyl groups is 1. The molecule has 0 amide bonds. The molecule has 0 aliphatic carbocycles. The molecule has 0 aromatic heterocycles. The second kappa shape index (κ2) is 8.72. The van der Waals surface area contributed by atoms with Crippen molar-refractivity contribution in [2.45, 2.75) is 18.8 Å². The minimum Gasteiger partial charge on any atom is -0.389 e. The summed E-state index contributed by atoms with van der Waals surface area (Å²) in [5.74, 6) is 0.192. The van der Waals surface area contributed by atoms with Crippen LogP contribution in [0.1, 0.15) is 6.42 Å². The topological polar surface area (TPSA) is 47.9 Å². The lowest BCUT2D eigenvalue weighted by Crippen LogP contribution is -2.20. The highest BCUT2D eigenvalue weighted by molar-refractivity contribution is 6.18. The summed E-state index contributed by atoms with van der Waals surface area (Å²) in [5.41, 5.74) is 0. The predicted molar refractivity (Wildman–Crippen MR) is 50.0 cm³/mol. The molecule has 0 aliphatic heterocycles. The third-order valence-corrected chi connectivity index (χ3v) is 1.87. The van der Waals surface area contributed by atoms with Crippen LogP contribution >= 0.6 is 11.6 Å². The highest BCUT2D eigenvalue weighted by Crippen LogP contribution is 1.98. The van der Waals surface area contributed by atoms with Gasteiger partial charge in [-0.05, 0) is 0 Å². The molecule has 0 spiro atoms. The standard InChI is InChI=1S/C8H17ClO4/c1-11-8(12-2)3-4-13-6-7(10)5-9/h7-8,10H,3-6H2,1-2H3. The van der Waals surface area contributed by atoms with Gasteiger partial charge in [-0.25, -0.2) is 0 Å². The number of methoxy groups -OCH3 is 2. The average Bonchev–Trinajstić information content (AvgIpc) is 2.18. The number of aliphatic hydroxyl groups excluding tert-OH is 1. The fourth-order valence-corrected chi connectivity index (χ4v) is 0.864. The Morgan fingerprint density at radius 1 is 1.31 bits per heavy atom. The Bertz CT molecular complexity index is 108. The van der Waals surface area contributed by atoms with Gasteiger partial charge in [-0.1, -0.05) is 0 Å². The van der Waals surface area contributed by atoms with Crippen molar-refractivity contribution >= 4 is 11.6 Å². The van der Waals surface area contributed by atoms with Gasteiger partial charge in [0.05, 0.1) is 25.2 Å². The summed E-state index contributed by atoms with van der Waals surface area (Å²) in [4.78, 5) is 0. The third-order valence-electron chi connectivity index (χ3n) is 1.51. The van der Waals surface area contributed by atoms with Crippen molar-refractivity contribution in [2.24, 2.45) is 0 Å². The molecule has 0 aliphatic rings. The Kier molecular flexibility index (Phi) is 8.80. The molecule has 0 saturated heterocycles. The van der Waals surface area contributed by atoms with Crippen LogP contribution in [0.5, 0.6) is 0 Å². The molecule has 0 radical (unpaired) electrons. The number of halogens is 1. The van der Waals surface area contributed by atoms with Gasteiger partial charge in [0.2, 0.25) is 0 Å². The SMILES string of the molecule is COC(CCOCC(O)CCl)OC. The Labute approximate surface area is 83.7 Å². The molecule has 1 atom stereocenters. The van der Waals surface area contributed by atoms with Crippen molar-refractivity contribution in [3.05, 3.63) is 0 Å². The van der Waals surface area contributed by atoms with Crippen LogP contribution in [0.15, 0.2) is 0 Å². The first-order chi connectivity index (χ1) is 6.24. The minimum atomic E-state index is -0.592. The number of hydrogen-bond acceptors (Lipinski definition) is 4. The van der Waals surface area contributed by atoms with Gasteiger partial charge in [0.1, 0.15) is 0 Å². The van der Waals surface area contributed by atoms with Crippen molar-refractivity contribution in [1.82, 2.24) is 0 Å². The summed E-state index contributed by atoms with van der Waals surface area (Å²) in [6.45, 7) is 0.740. The van der Waals surface area contributed by atoms with Crippen LogP contribution in [0.3, 0.4) is 0 Å². The molecule has 0 rings (SSSR count). The van der Waals surface area contributed by atoms with Crippen LogP contribution in [0, 0.1) is 0 Å². The normalized spacial score (nSPS) is 13.6. The van der Waals surface area contributed by atoms with Gasteiger partial charge in [-0.15, -0.1) is 11.6 Å². The second-order valence-electron chi connectivity index (χ2n) is 2.57. The molecule has 4 nitrogen and oxygen atoms in total. The molecule has 0 saturated carbocycles. The number of rotatable bonds is 8. The van der Waals surface area contributed by atoms with Gasteiger partial charge >= 0.3 is 0 Å². The number of alkyl halides is 1. The van der Waals surface area contributed by atoms with Crippen LogP contribution < -0.4 is 0 Å². The van der Waals surface area contributed by atoms with E-state index in [1.807, 2.05) is 0 Å². The largest absolute Gasteiger partial charge is 0.389 e. The van der Waals surface area contributed by atoms with E-state index in [-0.39, 0.29) is 18.8 Å². The molecule has 0 aromatic rings. The first-order valence-electron chi connectivity index (χ1n) is 4.12. The molecule has 80 valence electrons. The maximum atomic E-state index is 9.02. The minimum absolute atomic E-state index is 0.192. The first kappa shape index (κ1) is 13.1. The quantitative estimate of drug-likeness (QED) is 0.364. The highest BCUT2D eigenvalue weighted by atomic mass is 35.5. The predicted octanol–water partition coefficient (Wildman–Crippen LogP) is 0.612. The monoisotopic (exact) mass is 212 g/mol. The lowest BCUT2D eigenvalue weighted by Gasteiger charge is -2.13. The van der Waals surface area contributed by atoms with E-state index in [2.05, 4.69) is 0 Å². The lowest BCUT2D eigenvalue weighted by molar-refractivity contribution is -0.117. The molecule has 0 fully saturated rings. The molecule has 1 unspecified atom stereocenters. The van der Waals surface area contributed by atoms with E-state index < -0.39 is 6.10 Å². The fraction of sp³-hybridized carbons (Fsp3) is 1.00. The summed E-state index contributed by atoms with van der Waals surface area (Å²) in [6, 6.07) is 0. The summed E-state index contributed by atoms with van der Waals surface area (Å²) in [5, 5.41) is 9.02. The summed E-state index contributed by atoms with van der Waals surface area (Å²) in [6.07, 6.45) is -0.194. The van der Waals surface area contributed by atoms with Crippen molar-refractivity contribution < 1.29 is 19.3 Å². The third kappa shape index (κ3) is 7.22. The molecular formula is C8H17ClO4. The van der Waals surface area contributed by atoms with Crippen LogP contribution in [0.2, 0.25) is 0 Å². The Morgan fingerprint density at radius 3 is 2.38 bits per heavy atom. The molecule has 5 heteroatoms. The van der Waals surface area contributed by atoms with Gasteiger partial charge in [0.25, 0.3) is 0 Å². The maximum Gasteiger partial charge on any atom is 0.159 e. The van der Waals surface area contributed by atoms with E-state index in [0.29, 0.717) is 13.0 Å². The maximum absolute atomic E-state index is 9.02. The molecule has 1 N–H and O–H groups in total. The van der Waals surface area contributed by atoms with Crippen molar-refractivity contribution in [1.29, 1.82) is 0 Å². The Hall–Kier alpha value is 0.130. The first-order valence-corrected chi connectivity index (χ1v) is 4.65. The number of ether oxygens (including phenoxy) is 3. The zero-order chi connectivity index (χ0) is 10.1.